The van der Waals surface area contributed by atoms with Crippen LogP contribution in [0, 0.1) is 6.92 Å². The summed E-state index contributed by atoms with van der Waals surface area (Å²) >= 11 is 1.44. The lowest BCUT2D eigenvalue weighted by Gasteiger charge is -2.09. The van der Waals surface area contributed by atoms with Crippen molar-refractivity contribution < 1.29 is 9.53 Å². The van der Waals surface area contributed by atoms with Gasteiger partial charge >= 0.3 is 0 Å². The summed E-state index contributed by atoms with van der Waals surface area (Å²) in [7, 11) is 1.62. The second kappa shape index (κ2) is 8.18. The Kier molecular flexibility index (Phi) is 5.73. The normalized spacial score (nSPS) is 11.0. The number of fused-ring (bicyclic) bond motifs is 1. The van der Waals surface area contributed by atoms with E-state index in [1.54, 1.807) is 7.11 Å². The number of carbonyl (C=O) groups is 1. The van der Waals surface area contributed by atoms with Crippen molar-refractivity contribution in [2.45, 2.75) is 12.1 Å². The van der Waals surface area contributed by atoms with Crippen molar-refractivity contribution >= 4 is 28.7 Å². The lowest BCUT2D eigenvalue weighted by Crippen LogP contribution is -2.28. The standard InChI is InChI=1S/C19H21N3O2S/c1-14-7-9-15(10-8-14)22-17-6-4-3-5-16(17)21-19(22)25-13-18(23)20-11-12-24-2/h3-10H,11-13H2,1-2H3,(H,20,23). The highest BCUT2D eigenvalue weighted by molar-refractivity contribution is 7.99. The van der Waals surface area contributed by atoms with Crippen LogP contribution in [-0.4, -0.2) is 41.5 Å². The van der Waals surface area contributed by atoms with Gasteiger partial charge in [-0.25, -0.2) is 4.98 Å². The minimum Gasteiger partial charge on any atom is -0.383 e. The van der Waals surface area contributed by atoms with Crippen LogP contribution in [0.4, 0.5) is 0 Å². The molecule has 0 saturated carbocycles. The first kappa shape index (κ1) is 17.5. The number of nitrogens with zero attached hydrogens (tertiary/aromatic N) is 2. The van der Waals surface area contributed by atoms with Crippen LogP contribution in [0.2, 0.25) is 0 Å². The first-order chi connectivity index (χ1) is 12.2. The first-order valence-corrected chi connectivity index (χ1v) is 9.10. The number of imidazole rings is 1. The van der Waals surface area contributed by atoms with Crippen LogP contribution in [0.25, 0.3) is 16.7 Å². The summed E-state index contributed by atoms with van der Waals surface area (Å²) in [6.45, 7) is 3.10. The third-order valence-corrected chi connectivity index (χ3v) is 4.72. The van der Waals surface area contributed by atoms with E-state index in [0.29, 0.717) is 18.9 Å². The maximum absolute atomic E-state index is 12.0. The van der Waals surface area contributed by atoms with E-state index in [-0.39, 0.29) is 5.91 Å². The van der Waals surface area contributed by atoms with E-state index in [9.17, 15) is 4.79 Å². The number of benzene rings is 2. The molecule has 0 aliphatic carbocycles. The zero-order chi connectivity index (χ0) is 17.6. The van der Waals surface area contributed by atoms with Crippen LogP contribution in [0.5, 0.6) is 0 Å². The van der Waals surface area contributed by atoms with Gasteiger partial charge < -0.3 is 10.1 Å². The minimum atomic E-state index is -0.0236. The molecular weight excluding hydrogens is 334 g/mol. The van der Waals surface area contributed by atoms with E-state index in [1.807, 2.05) is 24.3 Å². The molecule has 2 aromatic carbocycles. The number of thioether (sulfide) groups is 1. The molecule has 0 unspecified atom stereocenters. The van der Waals surface area contributed by atoms with Crippen LogP contribution in [0.3, 0.4) is 0 Å². The summed E-state index contributed by atoms with van der Waals surface area (Å²) in [5.74, 6) is 0.295. The fourth-order valence-electron chi connectivity index (χ4n) is 2.52. The number of para-hydroxylation sites is 2. The van der Waals surface area contributed by atoms with Gasteiger partial charge in [-0.05, 0) is 31.2 Å². The van der Waals surface area contributed by atoms with E-state index >= 15 is 0 Å². The van der Waals surface area contributed by atoms with Crippen molar-refractivity contribution in [2.24, 2.45) is 0 Å². The summed E-state index contributed by atoms with van der Waals surface area (Å²) in [6, 6.07) is 16.3. The van der Waals surface area contributed by atoms with Gasteiger partial charge in [-0.2, -0.15) is 0 Å². The molecule has 0 radical (unpaired) electrons. The SMILES string of the molecule is COCCNC(=O)CSc1nc2ccccc2n1-c1ccc(C)cc1. The van der Waals surface area contributed by atoms with Crippen molar-refractivity contribution in [2.75, 3.05) is 26.0 Å². The maximum atomic E-state index is 12.0. The number of amides is 1. The number of hydrogen-bond acceptors (Lipinski definition) is 4. The number of aromatic nitrogens is 2. The second-order valence-corrected chi connectivity index (χ2v) is 6.63. The van der Waals surface area contributed by atoms with Gasteiger partial charge in [-0.1, -0.05) is 41.6 Å². The van der Waals surface area contributed by atoms with Crippen LogP contribution < -0.4 is 5.32 Å². The lowest BCUT2D eigenvalue weighted by molar-refractivity contribution is -0.118. The third-order valence-electron chi connectivity index (χ3n) is 3.78. The first-order valence-electron chi connectivity index (χ1n) is 8.12. The molecule has 1 amide bonds. The average molecular weight is 355 g/mol. The van der Waals surface area contributed by atoms with Crippen molar-refractivity contribution in [3.05, 3.63) is 54.1 Å². The summed E-state index contributed by atoms with van der Waals surface area (Å²) < 4.78 is 7.04. The van der Waals surface area contributed by atoms with Crippen LogP contribution in [0.1, 0.15) is 5.56 Å². The fraction of sp³-hybridized carbons (Fsp3) is 0.263. The van der Waals surface area contributed by atoms with Gasteiger partial charge in [-0.3, -0.25) is 9.36 Å². The van der Waals surface area contributed by atoms with Crippen LogP contribution >= 0.6 is 11.8 Å². The van der Waals surface area contributed by atoms with Crippen molar-refractivity contribution in [1.82, 2.24) is 14.9 Å². The molecule has 0 saturated heterocycles. The van der Waals surface area contributed by atoms with Gasteiger partial charge in [0.1, 0.15) is 0 Å². The summed E-state index contributed by atoms with van der Waals surface area (Å²) in [4.78, 5) is 16.7. The van der Waals surface area contributed by atoms with Gasteiger partial charge in [0.15, 0.2) is 5.16 Å². The Balaban J connectivity index is 1.86. The second-order valence-electron chi connectivity index (χ2n) is 5.69. The highest BCUT2D eigenvalue weighted by atomic mass is 32.2. The predicted molar refractivity (Wildman–Crippen MR) is 101 cm³/mol. The van der Waals surface area contributed by atoms with E-state index in [1.165, 1.54) is 17.3 Å². The highest BCUT2D eigenvalue weighted by Crippen LogP contribution is 2.28. The van der Waals surface area contributed by atoms with Gasteiger partial charge in [0, 0.05) is 19.3 Å². The van der Waals surface area contributed by atoms with Crippen LogP contribution in [0.15, 0.2) is 53.7 Å². The van der Waals surface area contributed by atoms with E-state index < -0.39 is 0 Å². The molecule has 0 aliphatic heterocycles. The third kappa shape index (κ3) is 4.21. The van der Waals surface area contributed by atoms with Crippen LogP contribution in [-0.2, 0) is 9.53 Å². The number of aryl methyl sites for hydroxylation is 1. The molecule has 0 atom stereocenters. The lowest BCUT2D eigenvalue weighted by atomic mass is 10.2. The van der Waals surface area contributed by atoms with Crippen molar-refractivity contribution in [3.8, 4) is 5.69 Å². The Hall–Kier alpha value is -2.31. The van der Waals surface area contributed by atoms with Crippen molar-refractivity contribution in [1.29, 1.82) is 0 Å². The van der Waals surface area contributed by atoms with Gasteiger partial charge in [0.2, 0.25) is 5.91 Å². The van der Waals surface area contributed by atoms with Crippen molar-refractivity contribution in [3.63, 3.8) is 0 Å². The number of nitrogens with one attached hydrogen (secondary N) is 1. The Morgan fingerprint density at radius 2 is 1.96 bits per heavy atom. The van der Waals surface area contributed by atoms with E-state index in [0.717, 1.165) is 21.9 Å². The molecule has 1 heterocycles. The molecule has 6 heteroatoms. The van der Waals surface area contributed by atoms with E-state index in [2.05, 4.69) is 41.1 Å². The maximum Gasteiger partial charge on any atom is 0.230 e. The molecule has 0 fully saturated rings. The average Bonchev–Trinajstić information content (AvgIpc) is 2.99. The number of carbonyl (C=O) groups excluding carboxylic acids is 1. The molecule has 3 rings (SSSR count). The summed E-state index contributed by atoms with van der Waals surface area (Å²) in [5, 5.41) is 3.64. The number of methoxy groups -OCH3 is 1. The number of hydrogen-bond donors (Lipinski definition) is 1. The Bertz CT molecular complexity index is 859. The molecule has 0 aliphatic rings. The zero-order valence-corrected chi connectivity index (χ0v) is 15.2. The Morgan fingerprint density at radius 1 is 1.20 bits per heavy atom. The molecule has 130 valence electrons. The fourth-order valence-corrected chi connectivity index (χ4v) is 3.38. The largest absolute Gasteiger partial charge is 0.383 e. The van der Waals surface area contributed by atoms with E-state index in [4.69, 9.17) is 9.72 Å². The quantitative estimate of drug-likeness (QED) is 0.522. The smallest absolute Gasteiger partial charge is 0.230 e. The van der Waals surface area contributed by atoms with Gasteiger partial charge in [0.25, 0.3) is 0 Å². The summed E-state index contributed by atoms with van der Waals surface area (Å²) in [6.07, 6.45) is 0. The molecule has 25 heavy (non-hydrogen) atoms. The van der Waals surface area contributed by atoms with Gasteiger partial charge in [-0.15, -0.1) is 0 Å². The predicted octanol–water partition coefficient (Wildman–Crippen LogP) is 3.19. The number of rotatable bonds is 7. The zero-order valence-electron chi connectivity index (χ0n) is 14.4. The molecule has 0 bridgehead atoms. The Labute approximate surface area is 151 Å². The molecule has 5 nitrogen and oxygen atoms in total. The molecule has 1 aromatic heterocycles. The molecular formula is C19H21N3O2S. The van der Waals surface area contributed by atoms with Gasteiger partial charge in [0.05, 0.1) is 23.4 Å². The summed E-state index contributed by atoms with van der Waals surface area (Å²) in [5.41, 5.74) is 4.21. The molecule has 3 aromatic rings. The minimum absolute atomic E-state index is 0.0236. The Morgan fingerprint density at radius 3 is 2.72 bits per heavy atom. The monoisotopic (exact) mass is 355 g/mol. The molecule has 1 N–H and O–H groups in total. The number of ether oxygens (including phenoxy) is 1. The molecule has 0 spiro atoms. The highest BCUT2D eigenvalue weighted by Gasteiger charge is 2.14. The topological polar surface area (TPSA) is 56.1 Å².